The fraction of sp³-hybridized carbons (Fsp3) is 0.353. The Hall–Kier alpha value is -2.83. The number of para-hydroxylation sites is 1. The van der Waals surface area contributed by atoms with Crippen molar-refractivity contribution in [3.8, 4) is 11.5 Å². The van der Waals surface area contributed by atoms with Crippen LogP contribution in [-0.2, 0) is 12.0 Å². The first-order valence-electron chi connectivity index (χ1n) is 7.81. The molecule has 1 aliphatic rings. The van der Waals surface area contributed by atoms with Gasteiger partial charge in [0.1, 0.15) is 12.1 Å². The summed E-state index contributed by atoms with van der Waals surface area (Å²) >= 11 is 0. The van der Waals surface area contributed by atoms with E-state index in [1.165, 1.54) is 6.33 Å². The second-order valence-electron chi connectivity index (χ2n) is 6.81. The highest BCUT2D eigenvalue weighted by atomic mass is 16.7. The summed E-state index contributed by atoms with van der Waals surface area (Å²) in [6, 6.07) is 5.86. The molecule has 2 aromatic heterocycles. The monoisotopic (exact) mass is 325 g/mol. The van der Waals surface area contributed by atoms with Gasteiger partial charge in [0.15, 0.2) is 17.1 Å². The SMILES string of the molecule is CC(C)(C)n1nc(Cc2cccc3c2OCO3)c2c(N)ncnc21. The smallest absolute Gasteiger partial charge is 0.231 e. The third-order valence-corrected chi connectivity index (χ3v) is 4.04. The Morgan fingerprint density at radius 2 is 2.04 bits per heavy atom. The minimum Gasteiger partial charge on any atom is -0.454 e. The molecule has 0 unspecified atom stereocenters. The van der Waals surface area contributed by atoms with Crippen molar-refractivity contribution in [2.24, 2.45) is 0 Å². The first-order chi connectivity index (χ1) is 11.4. The number of hydrogen-bond acceptors (Lipinski definition) is 6. The molecule has 0 spiro atoms. The number of hydrogen-bond donors (Lipinski definition) is 1. The Bertz CT molecular complexity index is 927. The van der Waals surface area contributed by atoms with Crippen LogP contribution in [0.1, 0.15) is 32.0 Å². The maximum Gasteiger partial charge on any atom is 0.231 e. The normalized spacial score (nSPS) is 13.6. The molecule has 24 heavy (non-hydrogen) atoms. The van der Waals surface area contributed by atoms with Crippen molar-refractivity contribution < 1.29 is 9.47 Å². The summed E-state index contributed by atoms with van der Waals surface area (Å²) in [5.41, 5.74) is 8.50. The molecule has 7 nitrogen and oxygen atoms in total. The highest BCUT2D eigenvalue weighted by Crippen LogP contribution is 2.37. The fourth-order valence-corrected chi connectivity index (χ4v) is 2.95. The molecule has 3 aromatic rings. The van der Waals surface area contributed by atoms with Crippen LogP contribution in [0.4, 0.5) is 5.82 Å². The number of ether oxygens (including phenoxy) is 2. The van der Waals surface area contributed by atoms with Gasteiger partial charge in [-0.15, -0.1) is 0 Å². The zero-order chi connectivity index (χ0) is 16.9. The molecule has 3 heterocycles. The first-order valence-corrected chi connectivity index (χ1v) is 7.81. The molecule has 124 valence electrons. The molecule has 0 aliphatic carbocycles. The number of benzene rings is 1. The number of nitrogens with two attached hydrogens (primary N) is 1. The molecule has 0 bridgehead atoms. The zero-order valence-corrected chi connectivity index (χ0v) is 13.9. The predicted molar refractivity (Wildman–Crippen MR) is 90.1 cm³/mol. The van der Waals surface area contributed by atoms with Crippen LogP contribution in [0, 0.1) is 0 Å². The van der Waals surface area contributed by atoms with E-state index in [0.29, 0.717) is 12.2 Å². The average Bonchev–Trinajstić information content (AvgIpc) is 3.13. The van der Waals surface area contributed by atoms with E-state index in [-0.39, 0.29) is 12.3 Å². The van der Waals surface area contributed by atoms with Crippen LogP contribution in [0.3, 0.4) is 0 Å². The van der Waals surface area contributed by atoms with Gasteiger partial charge in [-0.05, 0) is 26.8 Å². The molecule has 0 saturated heterocycles. The maximum absolute atomic E-state index is 6.12. The van der Waals surface area contributed by atoms with Gasteiger partial charge < -0.3 is 15.2 Å². The molecular formula is C17H19N5O2. The van der Waals surface area contributed by atoms with Crippen LogP contribution in [0.2, 0.25) is 0 Å². The predicted octanol–water partition coefficient (Wildman–Crippen LogP) is 2.48. The van der Waals surface area contributed by atoms with Gasteiger partial charge in [-0.1, -0.05) is 12.1 Å². The van der Waals surface area contributed by atoms with Crippen molar-refractivity contribution in [2.45, 2.75) is 32.7 Å². The quantitative estimate of drug-likeness (QED) is 0.779. The Morgan fingerprint density at radius 3 is 2.83 bits per heavy atom. The molecule has 0 atom stereocenters. The molecule has 2 N–H and O–H groups in total. The minimum atomic E-state index is -0.213. The van der Waals surface area contributed by atoms with Crippen LogP contribution >= 0.6 is 0 Å². The van der Waals surface area contributed by atoms with E-state index >= 15 is 0 Å². The fourth-order valence-electron chi connectivity index (χ4n) is 2.95. The Kier molecular flexibility index (Phi) is 3.13. The minimum absolute atomic E-state index is 0.213. The lowest BCUT2D eigenvalue weighted by Gasteiger charge is -2.19. The number of aromatic nitrogens is 4. The average molecular weight is 325 g/mol. The molecule has 4 rings (SSSR count). The summed E-state index contributed by atoms with van der Waals surface area (Å²) in [5, 5.41) is 5.58. The van der Waals surface area contributed by atoms with Crippen LogP contribution in [0.5, 0.6) is 11.5 Å². The van der Waals surface area contributed by atoms with Crippen LogP contribution in [0.25, 0.3) is 11.0 Å². The summed E-state index contributed by atoms with van der Waals surface area (Å²) in [6.45, 7) is 6.49. The van der Waals surface area contributed by atoms with Gasteiger partial charge in [0.25, 0.3) is 0 Å². The highest BCUT2D eigenvalue weighted by Gasteiger charge is 2.25. The molecule has 7 heteroatoms. The summed E-state index contributed by atoms with van der Waals surface area (Å²) < 4.78 is 12.9. The lowest BCUT2D eigenvalue weighted by Crippen LogP contribution is -2.23. The van der Waals surface area contributed by atoms with E-state index in [9.17, 15) is 0 Å². The molecule has 0 saturated carbocycles. The highest BCUT2D eigenvalue weighted by molar-refractivity contribution is 5.88. The number of fused-ring (bicyclic) bond motifs is 2. The number of nitrogens with zero attached hydrogens (tertiary/aromatic N) is 4. The largest absolute Gasteiger partial charge is 0.454 e. The Morgan fingerprint density at radius 1 is 1.21 bits per heavy atom. The number of nitrogen functional groups attached to an aromatic ring is 1. The van der Waals surface area contributed by atoms with E-state index in [0.717, 1.165) is 33.8 Å². The van der Waals surface area contributed by atoms with E-state index in [2.05, 4.69) is 30.7 Å². The molecule has 0 radical (unpaired) electrons. The second kappa shape index (κ2) is 5.09. The molecule has 0 fully saturated rings. The maximum atomic E-state index is 6.12. The van der Waals surface area contributed by atoms with Gasteiger partial charge >= 0.3 is 0 Å². The van der Waals surface area contributed by atoms with Crippen LogP contribution in [-0.4, -0.2) is 26.5 Å². The summed E-state index contributed by atoms with van der Waals surface area (Å²) in [4.78, 5) is 8.53. The van der Waals surface area contributed by atoms with Crippen molar-refractivity contribution in [1.29, 1.82) is 0 Å². The van der Waals surface area contributed by atoms with Gasteiger partial charge in [-0.25, -0.2) is 14.6 Å². The van der Waals surface area contributed by atoms with Gasteiger partial charge in [-0.2, -0.15) is 5.10 Å². The van der Waals surface area contributed by atoms with Crippen molar-refractivity contribution >= 4 is 16.9 Å². The zero-order valence-electron chi connectivity index (χ0n) is 13.9. The lowest BCUT2D eigenvalue weighted by molar-refractivity contribution is 0.173. The molecule has 1 aromatic carbocycles. The van der Waals surface area contributed by atoms with Gasteiger partial charge in [-0.3, -0.25) is 0 Å². The van der Waals surface area contributed by atoms with E-state index in [1.54, 1.807) is 0 Å². The van der Waals surface area contributed by atoms with E-state index < -0.39 is 0 Å². The van der Waals surface area contributed by atoms with E-state index in [1.807, 2.05) is 22.9 Å². The summed E-state index contributed by atoms with van der Waals surface area (Å²) in [5.74, 6) is 1.97. The second-order valence-corrected chi connectivity index (χ2v) is 6.81. The van der Waals surface area contributed by atoms with Crippen molar-refractivity contribution in [3.63, 3.8) is 0 Å². The van der Waals surface area contributed by atoms with E-state index in [4.69, 9.17) is 20.3 Å². The van der Waals surface area contributed by atoms with Gasteiger partial charge in [0, 0.05) is 12.0 Å². The molecule has 0 amide bonds. The van der Waals surface area contributed by atoms with Gasteiger partial charge in [0.05, 0.1) is 16.6 Å². The summed E-state index contributed by atoms with van der Waals surface area (Å²) in [6.07, 6.45) is 2.05. The Labute approximate surface area is 139 Å². The Balaban J connectivity index is 1.88. The standard InChI is InChI=1S/C17H19N5O2/c1-17(2,3)22-16-13(15(18)19-8-20-16)11(21-22)7-10-5-4-6-12-14(10)24-9-23-12/h4-6,8H,7,9H2,1-3H3,(H2,18,19,20). The van der Waals surface area contributed by atoms with Crippen LogP contribution in [0.15, 0.2) is 24.5 Å². The van der Waals surface area contributed by atoms with Crippen molar-refractivity contribution in [3.05, 3.63) is 35.8 Å². The number of rotatable bonds is 2. The molecule has 1 aliphatic heterocycles. The third kappa shape index (κ3) is 2.24. The third-order valence-electron chi connectivity index (χ3n) is 4.04. The lowest BCUT2D eigenvalue weighted by atomic mass is 10.1. The molecular weight excluding hydrogens is 306 g/mol. The first kappa shape index (κ1) is 14.7. The topological polar surface area (TPSA) is 88.1 Å². The van der Waals surface area contributed by atoms with Gasteiger partial charge in [0.2, 0.25) is 6.79 Å². The van der Waals surface area contributed by atoms with Crippen molar-refractivity contribution in [1.82, 2.24) is 19.7 Å². The summed E-state index contributed by atoms with van der Waals surface area (Å²) in [7, 11) is 0. The van der Waals surface area contributed by atoms with Crippen molar-refractivity contribution in [2.75, 3.05) is 12.5 Å². The van der Waals surface area contributed by atoms with Crippen LogP contribution < -0.4 is 15.2 Å². The number of anilines is 1.